The second kappa shape index (κ2) is 7.15. The molecule has 0 spiro atoms. The minimum atomic E-state index is -3.31. The first-order chi connectivity index (χ1) is 10.9. The topological polar surface area (TPSA) is 75.7 Å². The van der Waals surface area contributed by atoms with E-state index in [-0.39, 0.29) is 17.4 Å². The molecule has 0 aliphatic carbocycles. The fraction of sp³-hybridized carbons (Fsp3) is 0.188. The van der Waals surface area contributed by atoms with Gasteiger partial charge in [0.15, 0.2) is 16.4 Å². The van der Waals surface area contributed by atoms with Crippen LogP contribution in [0.5, 0.6) is 5.75 Å². The zero-order valence-electron chi connectivity index (χ0n) is 12.9. The van der Waals surface area contributed by atoms with Crippen molar-refractivity contribution in [3.8, 4) is 5.75 Å². The van der Waals surface area contributed by atoms with Gasteiger partial charge in [0.1, 0.15) is 5.75 Å². The number of ether oxygens (including phenoxy) is 1. The van der Waals surface area contributed by atoms with Gasteiger partial charge in [-0.2, -0.15) is 0 Å². The van der Waals surface area contributed by atoms with Crippen molar-refractivity contribution in [3.63, 3.8) is 0 Å². The van der Waals surface area contributed by atoms with Gasteiger partial charge in [0, 0.05) is 13.3 Å². The van der Waals surface area contributed by atoms with Crippen molar-refractivity contribution in [3.05, 3.63) is 54.6 Å². The average Bonchev–Trinajstić information content (AvgIpc) is 2.53. The smallest absolute Gasteiger partial charge is 0.276 e. The van der Waals surface area contributed by atoms with E-state index in [4.69, 9.17) is 4.74 Å². The summed E-state index contributed by atoms with van der Waals surface area (Å²) in [6, 6.07) is 15.4. The Morgan fingerprint density at radius 3 is 2.48 bits per heavy atom. The first-order valence-electron chi connectivity index (χ1n) is 6.87. The van der Waals surface area contributed by atoms with Crippen molar-refractivity contribution in [2.24, 2.45) is 0 Å². The van der Waals surface area contributed by atoms with E-state index in [9.17, 15) is 13.2 Å². The van der Waals surface area contributed by atoms with Gasteiger partial charge in [0.05, 0.1) is 10.6 Å². The SMILES string of the molecule is CN(NC(=O)COc1cccc(S(C)(=O)=O)c1)c1ccccc1. The normalized spacial score (nSPS) is 10.9. The van der Waals surface area contributed by atoms with E-state index in [1.165, 1.54) is 12.1 Å². The number of carbonyl (C=O) groups is 1. The van der Waals surface area contributed by atoms with Crippen LogP contribution in [-0.4, -0.2) is 34.2 Å². The summed E-state index contributed by atoms with van der Waals surface area (Å²) in [5.74, 6) is -0.0217. The number of benzene rings is 2. The maximum absolute atomic E-state index is 11.9. The van der Waals surface area contributed by atoms with Gasteiger partial charge in [-0.1, -0.05) is 24.3 Å². The molecule has 0 fully saturated rings. The second-order valence-electron chi connectivity index (χ2n) is 4.97. The van der Waals surface area contributed by atoms with Gasteiger partial charge in [-0.05, 0) is 30.3 Å². The van der Waals surface area contributed by atoms with Crippen LogP contribution >= 0.6 is 0 Å². The molecular weight excluding hydrogens is 316 g/mol. The number of hydrazine groups is 1. The molecule has 2 aromatic rings. The largest absolute Gasteiger partial charge is 0.484 e. The molecule has 122 valence electrons. The number of para-hydroxylation sites is 1. The fourth-order valence-corrected chi connectivity index (χ4v) is 2.53. The van der Waals surface area contributed by atoms with Gasteiger partial charge in [-0.15, -0.1) is 0 Å². The van der Waals surface area contributed by atoms with E-state index >= 15 is 0 Å². The van der Waals surface area contributed by atoms with Crippen LogP contribution in [0.25, 0.3) is 0 Å². The lowest BCUT2D eigenvalue weighted by Crippen LogP contribution is -2.41. The zero-order valence-corrected chi connectivity index (χ0v) is 13.7. The number of sulfone groups is 1. The van der Waals surface area contributed by atoms with Crippen molar-refractivity contribution >= 4 is 21.4 Å². The molecular formula is C16H18N2O4S. The summed E-state index contributed by atoms with van der Waals surface area (Å²) in [6.07, 6.45) is 1.12. The third kappa shape index (κ3) is 5.00. The molecule has 6 nitrogen and oxygen atoms in total. The van der Waals surface area contributed by atoms with E-state index in [0.717, 1.165) is 11.9 Å². The van der Waals surface area contributed by atoms with Crippen molar-refractivity contribution in [2.45, 2.75) is 4.90 Å². The van der Waals surface area contributed by atoms with Gasteiger partial charge in [0.25, 0.3) is 5.91 Å². The second-order valence-corrected chi connectivity index (χ2v) is 6.98. The van der Waals surface area contributed by atoms with Gasteiger partial charge in [-0.3, -0.25) is 15.2 Å². The maximum atomic E-state index is 11.9. The summed E-state index contributed by atoms with van der Waals surface area (Å²) in [6.45, 7) is -0.218. The molecule has 0 atom stereocenters. The summed E-state index contributed by atoms with van der Waals surface area (Å²) in [5, 5.41) is 1.58. The van der Waals surface area contributed by atoms with E-state index in [2.05, 4.69) is 5.43 Å². The Bertz CT molecular complexity index is 776. The number of nitrogens with zero attached hydrogens (tertiary/aromatic N) is 1. The van der Waals surface area contributed by atoms with Crippen LogP contribution < -0.4 is 15.2 Å². The Morgan fingerprint density at radius 1 is 1.13 bits per heavy atom. The molecule has 23 heavy (non-hydrogen) atoms. The number of anilines is 1. The van der Waals surface area contributed by atoms with Crippen LogP contribution in [0.4, 0.5) is 5.69 Å². The highest BCUT2D eigenvalue weighted by atomic mass is 32.2. The van der Waals surface area contributed by atoms with Crippen LogP contribution in [0.3, 0.4) is 0 Å². The molecule has 2 rings (SSSR count). The third-order valence-corrected chi connectivity index (χ3v) is 4.15. The predicted molar refractivity (Wildman–Crippen MR) is 88.0 cm³/mol. The van der Waals surface area contributed by atoms with Gasteiger partial charge >= 0.3 is 0 Å². The quantitative estimate of drug-likeness (QED) is 0.813. The number of hydrogen-bond acceptors (Lipinski definition) is 5. The summed E-state index contributed by atoms with van der Waals surface area (Å²) in [5.41, 5.74) is 3.50. The van der Waals surface area contributed by atoms with Crippen LogP contribution in [0.15, 0.2) is 59.5 Å². The standard InChI is InChI=1S/C16H18N2O4S/c1-18(13-7-4-3-5-8-13)17-16(19)12-22-14-9-6-10-15(11-14)23(2,20)21/h3-11H,12H2,1-2H3,(H,17,19). The lowest BCUT2D eigenvalue weighted by atomic mass is 10.3. The molecule has 1 amide bonds. The Balaban J connectivity index is 1.92. The Labute approximate surface area is 135 Å². The molecule has 0 saturated heterocycles. The summed E-state index contributed by atoms with van der Waals surface area (Å²) >= 11 is 0. The molecule has 0 radical (unpaired) electrons. The predicted octanol–water partition coefficient (Wildman–Crippen LogP) is 1.64. The highest BCUT2D eigenvalue weighted by Crippen LogP contribution is 2.17. The minimum absolute atomic E-state index is 0.150. The molecule has 0 aromatic heterocycles. The summed E-state index contributed by atoms with van der Waals surface area (Å²) < 4.78 is 28.3. The van der Waals surface area contributed by atoms with Crippen LogP contribution in [0, 0.1) is 0 Å². The number of carbonyl (C=O) groups excluding carboxylic acids is 1. The van der Waals surface area contributed by atoms with E-state index in [1.54, 1.807) is 24.2 Å². The van der Waals surface area contributed by atoms with E-state index in [1.807, 2.05) is 30.3 Å². The highest BCUT2D eigenvalue weighted by molar-refractivity contribution is 7.90. The van der Waals surface area contributed by atoms with Crippen molar-refractivity contribution < 1.29 is 17.9 Å². The monoisotopic (exact) mass is 334 g/mol. The van der Waals surface area contributed by atoms with Gasteiger partial charge < -0.3 is 4.74 Å². The van der Waals surface area contributed by atoms with E-state index in [0.29, 0.717) is 5.75 Å². The van der Waals surface area contributed by atoms with Gasteiger partial charge in [-0.25, -0.2) is 8.42 Å². The minimum Gasteiger partial charge on any atom is -0.484 e. The fourth-order valence-electron chi connectivity index (χ4n) is 1.88. The maximum Gasteiger partial charge on any atom is 0.276 e. The van der Waals surface area contributed by atoms with Crippen molar-refractivity contribution in [1.82, 2.24) is 5.43 Å². The van der Waals surface area contributed by atoms with Gasteiger partial charge in [0.2, 0.25) is 0 Å². The molecule has 0 aliphatic rings. The lowest BCUT2D eigenvalue weighted by molar-refractivity contribution is -0.123. The van der Waals surface area contributed by atoms with Crippen LogP contribution in [-0.2, 0) is 14.6 Å². The number of nitrogens with one attached hydrogen (secondary N) is 1. The van der Waals surface area contributed by atoms with Crippen molar-refractivity contribution in [1.29, 1.82) is 0 Å². The average molecular weight is 334 g/mol. The number of hydrogen-bond donors (Lipinski definition) is 1. The first kappa shape index (κ1) is 16.8. The molecule has 2 aromatic carbocycles. The Morgan fingerprint density at radius 2 is 1.83 bits per heavy atom. The molecule has 7 heteroatoms. The number of amides is 1. The zero-order chi connectivity index (χ0) is 16.9. The summed E-state index contributed by atoms with van der Waals surface area (Å²) in [7, 11) is -1.59. The highest BCUT2D eigenvalue weighted by Gasteiger charge is 2.10. The molecule has 0 saturated carbocycles. The number of rotatable bonds is 6. The van der Waals surface area contributed by atoms with E-state index < -0.39 is 9.84 Å². The Kier molecular flexibility index (Phi) is 5.23. The van der Waals surface area contributed by atoms with Crippen molar-refractivity contribution in [2.75, 3.05) is 24.9 Å². The lowest BCUT2D eigenvalue weighted by Gasteiger charge is -2.20. The molecule has 0 unspecified atom stereocenters. The molecule has 0 heterocycles. The first-order valence-corrected chi connectivity index (χ1v) is 8.76. The Hall–Kier alpha value is -2.54. The third-order valence-electron chi connectivity index (χ3n) is 3.04. The molecule has 1 N–H and O–H groups in total. The molecule has 0 aliphatic heterocycles. The molecule has 0 bridgehead atoms. The van der Waals surface area contributed by atoms with Crippen LogP contribution in [0.1, 0.15) is 0 Å². The van der Waals surface area contributed by atoms with Crippen LogP contribution in [0.2, 0.25) is 0 Å². The summed E-state index contributed by atoms with van der Waals surface area (Å²) in [4.78, 5) is 12.0.